The molecule has 0 aromatic heterocycles. The molecule has 0 unspecified atom stereocenters. The van der Waals surface area contributed by atoms with E-state index in [1.165, 1.54) is 0 Å². The molecule has 0 radical (unpaired) electrons. The van der Waals surface area contributed by atoms with E-state index < -0.39 is 83.4 Å². The van der Waals surface area contributed by atoms with Gasteiger partial charge in [0.25, 0.3) is 11.8 Å². The molecule has 2 saturated heterocycles. The van der Waals surface area contributed by atoms with E-state index in [1.807, 2.05) is 0 Å². The molecule has 0 saturated carbocycles. The summed E-state index contributed by atoms with van der Waals surface area (Å²) in [5.74, 6) is -4.20. The van der Waals surface area contributed by atoms with Gasteiger partial charge < -0.3 is 5.21 Å². The van der Waals surface area contributed by atoms with Crippen molar-refractivity contribution in [1.82, 2.24) is 5.06 Å². The standard InChI is InChI=1S/C22H15F6N3O5/c23-21(24,25)11-3-1-5-13(7-11)29-17(32)9-15(19(29)34)31(36)16-10-18(33)30(20(16)35)14-6-2-4-12(8-14)22(26,27)28/h1-8,15-16,36H,9-10H2/t15-,16-/m1/s1. The van der Waals surface area contributed by atoms with Gasteiger partial charge in [-0.05, 0) is 36.4 Å². The highest BCUT2D eigenvalue weighted by Crippen LogP contribution is 2.36. The number of hydroxylamine groups is 2. The lowest BCUT2D eigenvalue weighted by Gasteiger charge is -2.25. The first-order valence-corrected chi connectivity index (χ1v) is 10.3. The minimum atomic E-state index is -4.76. The fraction of sp³-hybridized carbons (Fsp3) is 0.273. The highest BCUT2D eigenvalue weighted by atomic mass is 19.4. The maximum absolute atomic E-state index is 13.0. The Morgan fingerprint density at radius 1 is 0.694 bits per heavy atom. The number of anilines is 2. The molecule has 2 aliphatic heterocycles. The van der Waals surface area contributed by atoms with Crippen LogP contribution in [0.25, 0.3) is 0 Å². The minimum Gasteiger partial charge on any atom is -0.312 e. The summed E-state index contributed by atoms with van der Waals surface area (Å²) < 4.78 is 78.2. The Balaban J connectivity index is 1.57. The van der Waals surface area contributed by atoms with Gasteiger partial charge in [0.05, 0.1) is 35.3 Å². The second-order valence-corrected chi connectivity index (χ2v) is 8.05. The van der Waals surface area contributed by atoms with Gasteiger partial charge in [0, 0.05) is 0 Å². The second-order valence-electron chi connectivity index (χ2n) is 8.05. The van der Waals surface area contributed by atoms with Crippen molar-refractivity contribution < 1.29 is 50.7 Å². The molecule has 2 aromatic rings. The van der Waals surface area contributed by atoms with Crippen LogP contribution in [0.3, 0.4) is 0 Å². The topological polar surface area (TPSA) is 98.2 Å². The van der Waals surface area contributed by atoms with Crippen LogP contribution in [0.1, 0.15) is 24.0 Å². The van der Waals surface area contributed by atoms with Gasteiger partial charge in [-0.1, -0.05) is 12.1 Å². The van der Waals surface area contributed by atoms with Crippen LogP contribution in [-0.4, -0.2) is 46.0 Å². The fourth-order valence-corrected chi connectivity index (χ4v) is 4.05. The maximum atomic E-state index is 13.0. The molecular weight excluding hydrogens is 500 g/mol. The van der Waals surface area contributed by atoms with E-state index >= 15 is 0 Å². The predicted octanol–water partition coefficient (Wildman–Crippen LogP) is 3.38. The van der Waals surface area contributed by atoms with E-state index in [0.29, 0.717) is 21.9 Å². The summed E-state index contributed by atoms with van der Waals surface area (Å²) in [5, 5.41) is 10.8. The molecule has 2 heterocycles. The Morgan fingerprint density at radius 3 is 1.39 bits per heavy atom. The smallest absolute Gasteiger partial charge is 0.312 e. The Kier molecular flexibility index (Phi) is 6.12. The van der Waals surface area contributed by atoms with Crippen LogP contribution in [-0.2, 0) is 31.5 Å². The molecule has 2 aromatic carbocycles. The molecule has 8 nitrogen and oxygen atoms in total. The van der Waals surface area contributed by atoms with Crippen LogP contribution < -0.4 is 9.80 Å². The third-order valence-electron chi connectivity index (χ3n) is 5.75. The van der Waals surface area contributed by atoms with E-state index in [4.69, 9.17) is 0 Å². The number of carbonyl (C=O) groups is 4. The third-order valence-corrected chi connectivity index (χ3v) is 5.75. The molecule has 0 bridgehead atoms. The number of rotatable bonds is 4. The summed E-state index contributed by atoms with van der Waals surface area (Å²) in [6, 6.07) is 3.29. The van der Waals surface area contributed by atoms with E-state index in [1.54, 1.807) is 0 Å². The van der Waals surface area contributed by atoms with Crippen LogP contribution >= 0.6 is 0 Å². The Morgan fingerprint density at radius 2 is 1.06 bits per heavy atom. The highest BCUT2D eigenvalue weighted by Gasteiger charge is 2.51. The molecule has 0 aliphatic carbocycles. The lowest BCUT2D eigenvalue weighted by atomic mass is 10.1. The zero-order valence-electron chi connectivity index (χ0n) is 17.9. The van der Waals surface area contributed by atoms with Gasteiger partial charge in [-0.2, -0.15) is 31.4 Å². The first-order valence-electron chi connectivity index (χ1n) is 10.3. The quantitative estimate of drug-likeness (QED) is 0.381. The van der Waals surface area contributed by atoms with E-state index in [2.05, 4.69) is 0 Å². The monoisotopic (exact) mass is 515 g/mol. The van der Waals surface area contributed by atoms with Gasteiger partial charge in [-0.3, -0.25) is 19.2 Å². The van der Waals surface area contributed by atoms with Crippen molar-refractivity contribution in [1.29, 1.82) is 0 Å². The number of nitrogens with zero attached hydrogens (tertiary/aromatic N) is 3. The average molecular weight is 515 g/mol. The normalized spacial score (nSPS) is 21.3. The molecule has 2 fully saturated rings. The lowest BCUT2D eigenvalue weighted by molar-refractivity contribution is -0.172. The summed E-state index contributed by atoms with van der Waals surface area (Å²) in [5.41, 5.74) is -3.07. The van der Waals surface area contributed by atoms with Crippen molar-refractivity contribution in [3.05, 3.63) is 59.7 Å². The summed E-state index contributed by atoms with van der Waals surface area (Å²) in [6.45, 7) is 0. The molecular formula is C22H15F6N3O5. The zero-order chi connectivity index (χ0) is 26.6. The molecule has 190 valence electrons. The van der Waals surface area contributed by atoms with Gasteiger partial charge in [0.15, 0.2) is 0 Å². The predicted molar refractivity (Wildman–Crippen MR) is 108 cm³/mol. The van der Waals surface area contributed by atoms with Crippen molar-refractivity contribution >= 4 is 35.0 Å². The summed E-state index contributed by atoms with van der Waals surface area (Å²) in [4.78, 5) is 51.5. The zero-order valence-corrected chi connectivity index (χ0v) is 17.9. The van der Waals surface area contributed by atoms with Gasteiger partial charge in [-0.15, -0.1) is 0 Å². The summed E-state index contributed by atoms with van der Waals surface area (Å²) >= 11 is 0. The van der Waals surface area contributed by atoms with Crippen molar-refractivity contribution in [2.45, 2.75) is 37.3 Å². The Labute approximate surface area is 198 Å². The summed E-state index contributed by atoms with van der Waals surface area (Å²) in [6.07, 6.45) is -10.9. The van der Waals surface area contributed by atoms with Crippen LogP contribution in [0, 0.1) is 0 Å². The second kappa shape index (κ2) is 8.71. The van der Waals surface area contributed by atoms with Gasteiger partial charge in [-0.25, -0.2) is 9.80 Å². The molecule has 2 atom stereocenters. The SMILES string of the molecule is O=C1C[C@@H](N(O)[C@@H]2CC(=O)N(c3cccc(C(F)(F)F)c3)C2=O)C(=O)N1c1cccc(C(F)(F)F)c1. The average Bonchev–Trinajstić information content (AvgIpc) is 3.26. The third kappa shape index (κ3) is 4.44. The minimum absolute atomic E-state index is 0.154. The first kappa shape index (κ1) is 25.3. The maximum Gasteiger partial charge on any atom is 0.416 e. The molecule has 2 aliphatic rings. The van der Waals surface area contributed by atoms with Crippen LogP contribution in [0.2, 0.25) is 0 Å². The number of alkyl halides is 6. The molecule has 1 N–H and O–H groups in total. The number of hydrogen-bond acceptors (Lipinski definition) is 6. The highest BCUT2D eigenvalue weighted by molar-refractivity contribution is 6.24. The number of hydrogen-bond donors (Lipinski definition) is 1. The molecule has 14 heteroatoms. The van der Waals surface area contributed by atoms with Crippen molar-refractivity contribution in [2.24, 2.45) is 0 Å². The van der Waals surface area contributed by atoms with Crippen molar-refractivity contribution in [3.63, 3.8) is 0 Å². The van der Waals surface area contributed by atoms with Gasteiger partial charge in [0.1, 0.15) is 12.1 Å². The number of carbonyl (C=O) groups excluding carboxylic acids is 4. The van der Waals surface area contributed by atoms with Crippen LogP contribution in [0.5, 0.6) is 0 Å². The molecule has 4 amide bonds. The Bertz CT molecular complexity index is 1170. The number of benzene rings is 2. The van der Waals surface area contributed by atoms with E-state index in [9.17, 15) is 50.7 Å². The van der Waals surface area contributed by atoms with Gasteiger partial charge in [0.2, 0.25) is 11.8 Å². The van der Waals surface area contributed by atoms with Crippen LogP contribution in [0.4, 0.5) is 37.7 Å². The number of imide groups is 2. The van der Waals surface area contributed by atoms with Crippen molar-refractivity contribution in [3.8, 4) is 0 Å². The van der Waals surface area contributed by atoms with E-state index in [-0.39, 0.29) is 5.06 Å². The molecule has 0 spiro atoms. The molecule has 36 heavy (non-hydrogen) atoms. The largest absolute Gasteiger partial charge is 0.416 e. The lowest BCUT2D eigenvalue weighted by Crippen LogP contribution is -2.49. The fourth-order valence-electron chi connectivity index (χ4n) is 4.05. The van der Waals surface area contributed by atoms with E-state index in [0.717, 1.165) is 36.4 Å². The summed E-state index contributed by atoms with van der Waals surface area (Å²) in [7, 11) is 0. The van der Waals surface area contributed by atoms with Crippen LogP contribution in [0.15, 0.2) is 48.5 Å². The van der Waals surface area contributed by atoms with Gasteiger partial charge >= 0.3 is 12.4 Å². The first-order chi connectivity index (χ1) is 16.7. The number of halogens is 6. The molecule has 4 rings (SSSR count). The Hall–Kier alpha value is -3.78. The van der Waals surface area contributed by atoms with Crippen molar-refractivity contribution in [2.75, 3.05) is 9.80 Å². The number of amides is 4.